The molecule has 6 heteroatoms. The molecule has 1 aromatic carbocycles. The second-order valence-corrected chi connectivity index (χ2v) is 3.06. The average Bonchev–Trinajstić information content (AvgIpc) is 2.10. The molecule has 0 saturated heterocycles. The molecule has 1 amide bonds. The summed E-state index contributed by atoms with van der Waals surface area (Å²) in [6, 6.07) is 0.880. The van der Waals surface area contributed by atoms with Gasteiger partial charge in [0.25, 0.3) is 5.91 Å². The van der Waals surface area contributed by atoms with Crippen molar-refractivity contribution in [2.24, 2.45) is 0 Å². The summed E-state index contributed by atoms with van der Waals surface area (Å²) in [7, 11) is 0. The second kappa shape index (κ2) is 4.35. The fraction of sp³-hybridized carbons (Fsp3) is 0. The Morgan fingerprint density at radius 3 is 2.13 bits per heavy atom. The fourth-order valence-corrected chi connectivity index (χ4v) is 0.890. The summed E-state index contributed by atoms with van der Waals surface area (Å²) in [4.78, 5) is 10.9. The van der Waals surface area contributed by atoms with Crippen molar-refractivity contribution in [3.63, 3.8) is 0 Å². The van der Waals surface area contributed by atoms with E-state index < -0.39 is 34.1 Å². The van der Waals surface area contributed by atoms with Crippen LogP contribution in [0.1, 0.15) is 0 Å². The number of hydrogen-bond acceptors (Lipinski definition) is 1. The number of benzene rings is 1. The van der Waals surface area contributed by atoms with Gasteiger partial charge in [-0.1, -0.05) is 18.2 Å². The lowest BCUT2D eigenvalue weighted by atomic mass is 10.2. The highest BCUT2D eigenvalue weighted by Gasteiger charge is 2.14. The van der Waals surface area contributed by atoms with Crippen LogP contribution < -0.4 is 5.32 Å². The molecule has 0 bridgehead atoms. The van der Waals surface area contributed by atoms with Crippen LogP contribution in [0.4, 0.5) is 18.9 Å². The van der Waals surface area contributed by atoms with E-state index in [1.807, 2.05) is 5.32 Å². The van der Waals surface area contributed by atoms with Gasteiger partial charge in [-0.15, -0.1) is 0 Å². The van der Waals surface area contributed by atoms with Gasteiger partial charge in [0.05, 0.1) is 5.03 Å². The molecular weight excluding hydrogens is 231 g/mol. The van der Waals surface area contributed by atoms with Crippen LogP contribution in [0.15, 0.2) is 23.7 Å². The van der Waals surface area contributed by atoms with Gasteiger partial charge in [0, 0.05) is 12.1 Å². The molecule has 0 radical (unpaired) electrons. The van der Waals surface area contributed by atoms with Crippen molar-refractivity contribution in [1.82, 2.24) is 0 Å². The number of anilines is 1. The van der Waals surface area contributed by atoms with Crippen LogP contribution in [0.2, 0.25) is 0 Å². The standard InChI is InChI=1S/C9H5ClF3NO/c1-4(10)9(15)14-8-6(12)2-5(11)3-7(8)13/h2-3H,1H2,(H,14,15). The van der Waals surface area contributed by atoms with E-state index in [4.69, 9.17) is 11.6 Å². The normalized spacial score (nSPS) is 9.87. The zero-order valence-corrected chi connectivity index (χ0v) is 8.04. The first-order chi connectivity index (χ1) is 6.91. The van der Waals surface area contributed by atoms with Crippen LogP contribution in [0.25, 0.3) is 0 Å². The molecule has 80 valence electrons. The minimum Gasteiger partial charge on any atom is -0.316 e. The summed E-state index contributed by atoms with van der Waals surface area (Å²) >= 11 is 5.19. The Bertz CT molecular complexity index is 410. The highest BCUT2D eigenvalue weighted by molar-refractivity contribution is 6.43. The summed E-state index contributed by atoms with van der Waals surface area (Å²) in [5, 5.41) is 1.39. The van der Waals surface area contributed by atoms with Gasteiger partial charge >= 0.3 is 0 Å². The number of nitrogens with one attached hydrogen (secondary N) is 1. The third-order valence-corrected chi connectivity index (χ3v) is 1.66. The molecule has 0 unspecified atom stereocenters. The predicted molar refractivity (Wildman–Crippen MR) is 49.9 cm³/mol. The smallest absolute Gasteiger partial charge is 0.266 e. The first kappa shape index (κ1) is 11.6. The Kier molecular flexibility index (Phi) is 3.36. The van der Waals surface area contributed by atoms with Crippen molar-refractivity contribution in [1.29, 1.82) is 0 Å². The minimum absolute atomic E-state index is 0.432. The van der Waals surface area contributed by atoms with Crippen LogP contribution in [-0.4, -0.2) is 5.91 Å². The SMILES string of the molecule is C=C(Cl)C(=O)Nc1c(F)cc(F)cc1F. The average molecular weight is 236 g/mol. The number of rotatable bonds is 2. The largest absolute Gasteiger partial charge is 0.316 e. The summed E-state index contributed by atoms with van der Waals surface area (Å²) in [6.07, 6.45) is 0. The maximum absolute atomic E-state index is 13.0. The Morgan fingerprint density at radius 1 is 1.27 bits per heavy atom. The fourth-order valence-electron chi connectivity index (χ4n) is 0.843. The van der Waals surface area contributed by atoms with Crippen LogP contribution >= 0.6 is 11.6 Å². The second-order valence-electron chi connectivity index (χ2n) is 2.60. The van der Waals surface area contributed by atoms with Crippen LogP contribution in [-0.2, 0) is 4.79 Å². The van der Waals surface area contributed by atoms with Crippen LogP contribution in [0.3, 0.4) is 0 Å². The molecule has 0 atom stereocenters. The number of halogens is 4. The maximum Gasteiger partial charge on any atom is 0.266 e. The Balaban J connectivity index is 3.05. The van der Waals surface area contributed by atoms with E-state index in [1.165, 1.54) is 0 Å². The van der Waals surface area contributed by atoms with Gasteiger partial charge in [-0.25, -0.2) is 13.2 Å². The third kappa shape index (κ3) is 2.73. The van der Waals surface area contributed by atoms with E-state index >= 15 is 0 Å². The zero-order valence-electron chi connectivity index (χ0n) is 7.28. The molecule has 1 rings (SSSR count). The summed E-state index contributed by atoms with van der Waals surface area (Å²) in [5.74, 6) is -4.48. The lowest BCUT2D eigenvalue weighted by Gasteiger charge is -2.06. The van der Waals surface area contributed by atoms with Crippen molar-refractivity contribution in [2.75, 3.05) is 5.32 Å². The van der Waals surface area contributed by atoms with Gasteiger partial charge in [0.1, 0.15) is 11.5 Å². The van der Waals surface area contributed by atoms with Crippen molar-refractivity contribution in [2.45, 2.75) is 0 Å². The molecule has 0 fully saturated rings. The Hall–Kier alpha value is -1.49. The molecule has 15 heavy (non-hydrogen) atoms. The Labute approximate surface area is 88.3 Å². The number of carbonyl (C=O) groups excluding carboxylic acids is 1. The van der Waals surface area contributed by atoms with E-state index in [9.17, 15) is 18.0 Å². The summed E-state index contributed by atoms with van der Waals surface area (Å²) in [5.41, 5.74) is -0.761. The molecule has 0 aliphatic rings. The van der Waals surface area contributed by atoms with Crippen molar-refractivity contribution in [3.8, 4) is 0 Å². The molecule has 0 heterocycles. The van der Waals surface area contributed by atoms with Crippen molar-refractivity contribution in [3.05, 3.63) is 41.2 Å². The van der Waals surface area contributed by atoms with Crippen molar-refractivity contribution >= 4 is 23.2 Å². The number of amides is 1. The van der Waals surface area contributed by atoms with Crippen LogP contribution in [0.5, 0.6) is 0 Å². The topological polar surface area (TPSA) is 29.1 Å². The quantitative estimate of drug-likeness (QED) is 0.785. The van der Waals surface area contributed by atoms with Gasteiger partial charge < -0.3 is 5.32 Å². The third-order valence-electron chi connectivity index (χ3n) is 1.49. The van der Waals surface area contributed by atoms with Gasteiger partial charge in [0.15, 0.2) is 11.6 Å². The molecule has 0 saturated carbocycles. The highest BCUT2D eigenvalue weighted by Crippen LogP contribution is 2.20. The monoisotopic (exact) mass is 235 g/mol. The summed E-state index contributed by atoms with van der Waals surface area (Å²) in [6.45, 7) is 3.06. The minimum atomic E-state index is -1.22. The highest BCUT2D eigenvalue weighted by atomic mass is 35.5. The number of carbonyl (C=O) groups is 1. The van der Waals surface area contributed by atoms with Gasteiger partial charge in [-0.2, -0.15) is 0 Å². The van der Waals surface area contributed by atoms with E-state index in [1.54, 1.807) is 0 Å². The van der Waals surface area contributed by atoms with Gasteiger partial charge in [-0.3, -0.25) is 4.79 Å². The number of hydrogen-bond donors (Lipinski definition) is 1. The van der Waals surface area contributed by atoms with E-state index in [-0.39, 0.29) is 0 Å². The Morgan fingerprint density at radius 2 is 1.73 bits per heavy atom. The first-order valence-corrected chi connectivity index (χ1v) is 4.10. The molecule has 0 spiro atoms. The molecule has 1 N–H and O–H groups in total. The molecular formula is C9H5ClF3NO. The van der Waals surface area contributed by atoms with E-state index in [0.29, 0.717) is 12.1 Å². The van der Waals surface area contributed by atoms with E-state index in [0.717, 1.165) is 0 Å². The molecule has 0 aliphatic carbocycles. The lowest BCUT2D eigenvalue weighted by Crippen LogP contribution is -2.13. The molecule has 0 aliphatic heterocycles. The van der Waals surface area contributed by atoms with Crippen molar-refractivity contribution < 1.29 is 18.0 Å². The van der Waals surface area contributed by atoms with Gasteiger partial charge in [0.2, 0.25) is 0 Å². The lowest BCUT2D eigenvalue weighted by molar-refractivity contribution is -0.112. The zero-order chi connectivity index (χ0) is 11.6. The van der Waals surface area contributed by atoms with Gasteiger partial charge in [-0.05, 0) is 0 Å². The molecule has 2 nitrogen and oxygen atoms in total. The summed E-state index contributed by atoms with van der Waals surface area (Å²) < 4.78 is 38.4. The van der Waals surface area contributed by atoms with Crippen LogP contribution in [0, 0.1) is 17.5 Å². The maximum atomic E-state index is 13.0. The predicted octanol–water partition coefficient (Wildman–Crippen LogP) is 2.79. The molecule has 1 aromatic rings. The first-order valence-electron chi connectivity index (χ1n) is 3.72. The van der Waals surface area contributed by atoms with E-state index in [2.05, 4.69) is 6.58 Å². The molecule has 0 aromatic heterocycles.